The van der Waals surface area contributed by atoms with Crippen LogP contribution in [0.25, 0.3) is 0 Å². The number of amides is 1. The Morgan fingerprint density at radius 3 is 2.71 bits per heavy atom. The topological polar surface area (TPSA) is 35.6 Å². The monoisotopic (exact) mass is 287 g/mol. The van der Waals surface area contributed by atoms with Gasteiger partial charge in [0, 0.05) is 12.6 Å². The minimum atomic E-state index is -0.177. The van der Waals surface area contributed by atoms with Crippen LogP contribution in [0.3, 0.4) is 0 Å². The van der Waals surface area contributed by atoms with Crippen molar-refractivity contribution in [2.45, 2.75) is 44.4 Å². The van der Waals surface area contributed by atoms with Gasteiger partial charge in [-0.1, -0.05) is 37.3 Å². The maximum absolute atomic E-state index is 12.9. The lowest BCUT2D eigenvalue weighted by molar-refractivity contribution is -0.133. The van der Waals surface area contributed by atoms with Crippen LogP contribution in [0.1, 0.15) is 37.8 Å². The molecule has 0 spiro atoms. The van der Waals surface area contributed by atoms with Gasteiger partial charge in [-0.05, 0) is 38.4 Å². The van der Waals surface area contributed by atoms with Crippen LogP contribution in [0, 0.1) is 0 Å². The van der Waals surface area contributed by atoms with E-state index in [0.29, 0.717) is 6.04 Å². The summed E-state index contributed by atoms with van der Waals surface area (Å²) in [6.07, 6.45) is 3.42. The Kier molecular flexibility index (Phi) is 4.27. The van der Waals surface area contributed by atoms with Crippen molar-refractivity contribution in [2.75, 3.05) is 20.1 Å². The van der Waals surface area contributed by atoms with Crippen molar-refractivity contribution < 1.29 is 4.79 Å². The third-order valence-corrected chi connectivity index (χ3v) is 4.71. The number of nitrogens with zero attached hydrogens (tertiary/aromatic N) is 2. The number of nitrogens with one attached hydrogen (secondary N) is 1. The minimum Gasteiger partial charge on any atom is -0.321 e. The molecule has 3 rings (SSSR count). The highest BCUT2D eigenvalue weighted by molar-refractivity contribution is 5.86. The molecule has 4 heteroatoms. The van der Waals surface area contributed by atoms with Gasteiger partial charge in [0.2, 0.25) is 5.91 Å². The second-order valence-electron chi connectivity index (χ2n) is 6.24. The summed E-state index contributed by atoms with van der Waals surface area (Å²) in [5.74, 6) is 0.244. The molecule has 1 amide bonds. The van der Waals surface area contributed by atoms with Crippen molar-refractivity contribution in [2.24, 2.45) is 0 Å². The smallest absolute Gasteiger partial charge is 0.245 e. The summed E-state index contributed by atoms with van der Waals surface area (Å²) < 4.78 is 0. The lowest BCUT2D eigenvalue weighted by Gasteiger charge is -2.38. The number of rotatable bonds is 3. The van der Waals surface area contributed by atoms with Gasteiger partial charge in [0.25, 0.3) is 0 Å². The molecule has 2 aliphatic heterocycles. The second-order valence-corrected chi connectivity index (χ2v) is 6.24. The van der Waals surface area contributed by atoms with Crippen molar-refractivity contribution in [3.05, 3.63) is 35.9 Å². The molecule has 2 heterocycles. The molecule has 2 saturated heterocycles. The molecule has 0 aliphatic carbocycles. The van der Waals surface area contributed by atoms with Crippen LogP contribution < -0.4 is 5.32 Å². The van der Waals surface area contributed by atoms with Crippen LogP contribution >= 0.6 is 0 Å². The zero-order valence-electron chi connectivity index (χ0n) is 13.0. The summed E-state index contributed by atoms with van der Waals surface area (Å²) >= 11 is 0. The lowest BCUT2D eigenvalue weighted by atomic mass is 10.0. The third-order valence-electron chi connectivity index (χ3n) is 4.71. The number of likely N-dealkylation sites (N-methyl/N-ethyl adjacent to an activating group) is 1. The van der Waals surface area contributed by atoms with E-state index < -0.39 is 0 Å². The average molecular weight is 287 g/mol. The van der Waals surface area contributed by atoms with E-state index in [9.17, 15) is 4.79 Å². The molecule has 3 atom stereocenters. The largest absolute Gasteiger partial charge is 0.321 e. The van der Waals surface area contributed by atoms with Gasteiger partial charge in [0.15, 0.2) is 0 Å². The first-order valence-corrected chi connectivity index (χ1v) is 8.02. The van der Waals surface area contributed by atoms with E-state index in [4.69, 9.17) is 0 Å². The molecule has 2 fully saturated rings. The highest BCUT2D eigenvalue weighted by Crippen LogP contribution is 2.29. The Morgan fingerprint density at radius 1 is 1.29 bits per heavy atom. The van der Waals surface area contributed by atoms with E-state index in [1.54, 1.807) is 0 Å². The summed E-state index contributed by atoms with van der Waals surface area (Å²) in [5.41, 5.74) is 1.08. The molecule has 3 unspecified atom stereocenters. The van der Waals surface area contributed by atoms with E-state index >= 15 is 0 Å². The van der Waals surface area contributed by atoms with E-state index in [-0.39, 0.29) is 18.1 Å². The highest BCUT2D eigenvalue weighted by Gasteiger charge is 2.42. The van der Waals surface area contributed by atoms with Gasteiger partial charge >= 0.3 is 0 Å². The van der Waals surface area contributed by atoms with Gasteiger partial charge in [-0.3, -0.25) is 10.1 Å². The molecule has 0 bridgehead atoms. The maximum Gasteiger partial charge on any atom is 0.245 e. The van der Waals surface area contributed by atoms with Crippen LogP contribution in [-0.2, 0) is 4.79 Å². The van der Waals surface area contributed by atoms with Crippen molar-refractivity contribution in [3.63, 3.8) is 0 Å². The van der Waals surface area contributed by atoms with Crippen LogP contribution in [0.2, 0.25) is 0 Å². The standard InChI is InChI=1S/C17H25N3O/c1-3-15-18-16(13-8-5-4-6-9-13)17(21)20(15)14-10-7-11-19(2)12-14/h4-6,8-9,14-16,18H,3,7,10-12H2,1-2H3. The summed E-state index contributed by atoms with van der Waals surface area (Å²) in [6, 6.07) is 10.3. The fourth-order valence-electron chi connectivity index (χ4n) is 3.65. The van der Waals surface area contributed by atoms with Crippen molar-refractivity contribution in [1.82, 2.24) is 15.1 Å². The fraction of sp³-hybridized carbons (Fsp3) is 0.588. The van der Waals surface area contributed by atoms with Crippen molar-refractivity contribution in [1.29, 1.82) is 0 Å². The molecule has 114 valence electrons. The van der Waals surface area contributed by atoms with E-state index in [2.05, 4.69) is 29.1 Å². The zero-order chi connectivity index (χ0) is 14.8. The maximum atomic E-state index is 12.9. The second kappa shape index (κ2) is 6.16. The minimum absolute atomic E-state index is 0.166. The number of hydrogen-bond donors (Lipinski definition) is 1. The molecule has 2 aliphatic rings. The SMILES string of the molecule is CCC1NC(c2ccccc2)C(=O)N1C1CCCN(C)C1. The Morgan fingerprint density at radius 2 is 2.05 bits per heavy atom. The van der Waals surface area contributed by atoms with Crippen LogP contribution in [-0.4, -0.2) is 48.1 Å². The normalized spacial score (nSPS) is 30.9. The molecule has 0 saturated carbocycles. The Hall–Kier alpha value is -1.39. The first kappa shape index (κ1) is 14.5. The highest BCUT2D eigenvalue weighted by atomic mass is 16.2. The molecule has 0 aromatic heterocycles. The number of benzene rings is 1. The molecule has 1 aromatic carbocycles. The molecule has 1 aromatic rings. The summed E-state index contributed by atoms with van der Waals surface area (Å²) in [6.45, 7) is 4.29. The molecule has 1 N–H and O–H groups in total. The van der Waals surface area contributed by atoms with Gasteiger partial charge in [-0.15, -0.1) is 0 Å². The summed E-state index contributed by atoms with van der Waals surface area (Å²) in [7, 11) is 2.15. The molecule has 4 nitrogen and oxygen atoms in total. The number of likely N-dealkylation sites (tertiary alicyclic amines) is 1. The summed E-state index contributed by atoms with van der Waals surface area (Å²) in [5, 5.41) is 3.53. The van der Waals surface area contributed by atoms with Gasteiger partial charge in [0.1, 0.15) is 6.04 Å². The molecular formula is C17H25N3O. The predicted octanol–water partition coefficient (Wildman–Crippen LogP) is 1.99. The number of piperidine rings is 1. The van der Waals surface area contributed by atoms with Crippen molar-refractivity contribution >= 4 is 5.91 Å². The molecule has 0 radical (unpaired) electrons. The number of carbonyl (C=O) groups excluding carboxylic acids is 1. The van der Waals surface area contributed by atoms with E-state index in [0.717, 1.165) is 31.5 Å². The van der Waals surface area contributed by atoms with Gasteiger partial charge in [0.05, 0.1) is 6.17 Å². The van der Waals surface area contributed by atoms with Gasteiger partial charge in [-0.25, -0.2) is 0 Å². The third kappa shape index (κ3) is 2.83. The van der Waals surface area contributed by atoms with E-state index in [1.165, 1.54) is 6.42 Å². The average Bonchev–Trinajstić information content (AvgIpc) is 2.85. The van der Waals surface area contributed by atoms with Crippen LogP contribution in [0.5, 0.6) is 0 Å². The van der Waals surface area contributed by atoms with Crippen molar-refractivity contribution in [3.8, 4) is 0 Å². The Labute approximate surface area is 127 Å². The van der Waals surface area contributed by atoms with Crippen LogP contribution in [0.15, 0.2) is 30.3 Å². The quantitative estimate of drug-likeness (QED) is 0.923. The Balaban J connectivity index is 1.81. The van der Waals surface area contributed by atoms with Gasteiger partial charge in [-0.2, -0.15) is 0 Å². The molecular weight excluding hydrogens is 262 g/mol. The number of hydrogen-bond acceptors (Lipinski definition) is 3. The van der Waals surface area contributed by atoms with Crippen LogP contribution in [0.4, 0.5) is 0 Å². The predicted molar refractivity (Wildman–Crippen MR) is 83.8 cm³/mol. The zero-order valence-corrected chi connectivity index (χ0v) is 13.0. The first-order chi connectivity index (χ1) is 10.2. The number of carbonyl (C=O) groups is 1. The van der Waals surface area contributed by atoms with E-state index in [1.807, 2.05) is 30.3 Å². The summed E-state index contributed by atoms with van der Waals surface area (Å²) in [4.78, 5) is 17.4. The Bertz CT molecular complexity index is 490. The van der Waals surface area contributed by atoms with Gasteiger partial charge < -0.3 is 9.80 Å². The molecule has 21 heavy (non-hydrogen) atoms. The first-order valence-electron chi connectivity index (χ1n) is 8.02. The fourth-order valence-corrected chi connectivity index (χ4v) is 3.65. The lowest BCUT2D eigenvalue weighted by Crippen LogP contribution is -2.51.